The zero-order valence-electron chi connectivity index (χ0n) is 11.3. The Hall–Kier alpha value is -1.56. The van der Waals surface area contributed by atoms with Crippen molar-refractivity contribution in [2.75, 3.05) is 6.61 Å². The first kappa shape index (κ1) is 13.1. The van der Waals surface area contributed by atoms with Crippen LogP contribution in [0.2, 0.25) is 0 Å². The summed E-state index contributed by atoms with van der Waals surface area (Å²) >= 11 is 3.49. The molecule has 0 saturated heterocycles. The summed E-state index contributed by atoms with van der Waals surface area (Å²) in [5.41, 5.74) is 6.14. The Morgan fingerprint density at radius 3 is 3.05 bits per heavy atom. The van der Waals surface area contributed by atoms with Crippen LogP contribution in [-0.4, -0.2) is 24.5 Å². The lowest BCUT2D eigenvalue weighted by Crippen LogP contribution is -2.51. The van der Waals surface area contributed by atoms with Crippen LogP contribution in [-0.2, 0) is 15.1 Å². The molecule has 5 nitrogen and oxygen atoms in total. The molecule has 0 unspecified atom stereocenters. The van der Waals surface area contributed by atoms with Crippen molar-refractivity contribution in [1.29, 1.82) is 0 Å². The molecule has 2 aliphatic heterocycles. The standard InChI is InChI=1S/C15H15BrN2O3/c16-8-1-3-12-10(5-8)15(7-20-14(17)18-15)11-6-9(19)2-4-13(11)21-12/h1,3,5,11,13H,2,4,6-7H2,(H2,17,18)/t11-,13-,15+/m1/s1. The van der Waals surface area contributed by atoms with Crippen LogP contribution in [0, 0.1) is 5.92 Å². The van der Waals surface area contributed by atoms with Crippen LogP contribution in [0.15, 0.2) is 27.7 Å². The molecule has 1 aromatic carbocycles. The van der Waals surface area contributed by atoms with Gasteiger partial charge in [-0.25, -0.2) is 4.99 Å². The minimum atomic E-state index is -0.595. The first-order valence-electron chi connectivity index (χ1n) is 7.05. The van der Waals surface area contributed by atoms with E-state index in [2.05, 4.69) is 20.9 Å². The van der Waals surface area contributed by atoms with E-state index in [1.54, 1.807) is 0 Å². The van der Waals surface area contributed by atoms with Gasteiger partial charge in [0.1, 0.15) is 29.8 Å². The van der Waals surface area contributed by atoms with Gasteiger partial charge in [-0.05, 0) is 24.6 Å². The number of rotatable bonds is 0. The second-order valence-electron chi connectivity index (χ2n) is 5.85. The summed E-state index contributed by atoms with van der Waals surface area (Å²) in [7, 11) is 0. The normalized spacial score (nSPS) is 33.8. The molecule has 2 heterocycles. The van der Waals surface area contributed by atoms with E-state index in [0.29, 0.717) is 19.4 Å². The van der Waals surface area contributed by atoms with Gasteiger partial charge in [-0.2, -0.15) is 0 Å². The Bertz CT molecular complexity index is 660. The number of benzene rings is 1. The number of ketones is 1. The quantitative estimate of drug-likeness (QED) is 0.777. The van der Waals surface area contributed by atoms with Crippen molar-refractivity contribution in [3.63, 3.8) is 0 Å². The van der Waals surface area contributed by atoms with Gasteiger partial charge >= 0.3 is 0 Å². The van der Waals surface area contributed by atoms with Crippen molar-refractivity contribution in [2.24, 2.45) is 16.6 Å². The molecule has 0 amide bonds. The van der Waals surface area contributed by atoms with Crippen LogP contribution in [0.25, 0.3) is 0 Å². The number of carbonyl (C=O) groups is 1. The van der Waals surface area contributed by atoms with E-state index in [0.717, 1.165) is 22.2 Å². The molecule has 6 heteroatoms. The number of amidine groups is 1. The fourth-order valence-corrected chi connectivity index (χ4v) is 4.04. The third-order valence-electron chi connectivity index (χ3n) is 4.65. The van der Waals surface area contributed by atoms with Crippen LogP contribution in [0.1, 0.15) is 24.8 Å². The SMILES string of the molecule is NC1=N[C@@]2(CO1)c1cc(Br)ccc1O[C@@H]1CCC(=O)C[C@H]12. The van der Waals surface area contributed by atoms with E-state index >= 15 is 0 Å². The fraction of sp³-hybridized carbons (Fsp3) is 0.467. The molecule has 0 radical (unpaired) electrons. The van der Waals surface area contributed by atoms with Crippen molar-refractivity contribution in [3.8, 4) is 5.75 Å². The molecule has 110 valence electrons. The number of nitrogens with zero attached hydrogens (tertiary/aromatic N) is 1. The van der Waals surface area contributed by atoms with Gasteiger partial charge in [0.2, 0.25) is 0 Å². The zero-order chi connectivity index (χ0) is 14.6. The van der Waals surface area contributed by atoms with E-state index in [4.69, 9.17) is 15.2 Å². The fourth-order valence-electron chi connectivity index (χ4n) is 3.68. The van der Waals surface area contributed by atoms with Gasteiger partial charge in [-0.3, -0.25) is 4.79 Å². The van der Waals surface area contributed by atoms with Crippen molar-refractivity contribution in [3.05, 3.63) is 28.2 Å². The number of Topliss-reactive ketones (excluding diaryl/α,β-unsaturated/α-hetero) is 1. The van der Waals surface area contributed by atoms with E-state index in [-0.39, 0.29) is 23.8 Å². The monoisotopic (exact) mass is 350 g/mol. The van der Waals surface area contributed by atoms with Crippen molar-refractivity contribution >= 4 is 27.7 Å². The number of carbonyl (C=O) groups excluding carboxylic acids is 1. The molecule has 0 aromatic heterocycles. The molecular formula is C15H15BrN2O3. The highest BCUT2D eigenvalue weighted by molar-refractivity contribution is 9.10. The smallest absolute Gasteiger partial charge is 0.283 e. The summed E-state index contributed by atoms with van der Waals surface area (Å²) in [4.78, 5) is 16.5. The second-order valence-corrected chi connectivity index (χ2v) is 6.76. The number of hydrogen-bond acceptors (Lipinski definition) is 5. The van der Waals surface area contributed by atoms with Gasteiger partial charge < -0.3 is 15.2 Å². The van der Waals surface area contributed by atoms with Crippen molar-refractivity contribution < 1.29 is 14.3 Å². The van der Waals surface area contributed by atoms with Crippen LogP contribution in [0.4, 0.5) is 0 Å². The highest BCUT2D eigenvalue weighted by Crippen LogP contribution is 2.52. The number of ether oxygens (including phenoxy) is 2. The van der Waals surface area contributed by atoms with Crippen molar-refractivity contribution in [2.45, 2.75) is 30.9 Å². The Morgan fingerprint density at radius 1 is 1.43 bits per heavy atom. The number of halogens is 1. The maximum absolute atomic E-state index is 11.9. The Balaban J connectivity index is 1.91. The molecule has 1 aliphatic carbocycles. The Labute approximate surface area is 130 Å². The first-order valence-corrected chi connectivity index (χ1v) is 7.84. The number of aliphatic imine (C=N–C) groups is 1. The van der Waals surface area contributed by atoms with Gasteiger partial charge in [0.25, 0.3) is 6.02 Å². The number of hydrogen-bond donors (Lipinski definition) is 1. The Morgan fingerprint density at radius 2 is 2.29 bits per heavy atom. The summed E-state index contributed by atoms with van der Waals surface area (Å²) in [6.45, 7) is 0.375. The summed E-state index contributed by atoms with van der Waals surface area (Å²) in [6.07, 6.45) is 1.77. The van der Waals surface area contributed by atoms with E-state index in [9.17, 15) is 4.79 Å². The van der Waals surface area contributed by atoms with Crippen LogP contribution in [0.5, 0.6) is 5.75 Å². The summed E-state index contributed by atoms with van der Waals surface area (Å²) < 4.78 is 12.5. The predicted molar refractivity (Wildman–Crippen MR) is 80.2 cm³/mol. The van der Waals surface area contributed by atoms with Crippen molar-refractivity contribution in [1.82, 2.24) is 0 Å². The van der Waals surface area contributed by atoms with Gasteiger partial charge in [-0.1, -0.05) is 15.9 Å². The third kappa shape index (κ3) is 1.88. The van der Waals surface area contributed by atoms with Gasteiger partial charge in [0.15, 0.2) is 0 Å². The molecule has 1 spiro atoms. The lowest BCUT2D eigenvalue weighted by molar-refractivity contribution is -0.126. The van der Waals surface area contributed by atoms with Gasteiger partial charge in [-0.15, -0.1) is 0 Å². The van der Waals surface area contributed by atoms with E-state index in [1.807, 2.05) is 18.2 Å². The molecule has 4 rings (SSSR count). The highest BCUT2D eigenvalue weighted by atomic mass is 79.9. The maximum Gasteiger partial charge on any atom is 0.283 e. The minimum Gasteiger partial charge on any atom is -0.490 e. The van der Waals surface area contributed by atoms with Crippen LogP contribution >= 0.6 is 15.9 Å². The largest absolute Gasteiger partial charge is 0.490 e. The molecule has 1 saturated carbocycles. The van der Waals surface area contributed by atoms with Crippen LogP contribution in [0.3, 0.4) is 0 Å². The second kappa shape index (κ2) is 4.47. The number of nitrogens with two attached hydrogens (primary N) is 1. The number of fused-ring (bicyclic) bond motifs is 4. The lowest BCUT2D eigenvalue weighted by atomic mass is 9.68. The summed E-state index contributed by atoms with van der Waals surface area (Å²) in [5, 5.41) is 0. The molecular weight excluding hydrogens is 336 g/mol. The van der Waals surface area contributed by atoms with E-state index in [1.165, 1.54) is 0 Å². The predicted octanol–water partition coefficient (Wildman–Crippen LogP) is 2.12. The highest BCUT2D eigenvalue weighted by Gasteiger charge is 2.55. The molecule has 1 fully saturated rings. The maximum atomic E-state index is 11.9. The molecule has 21 heavy (non-hydrogen) atoms. The molecule has 0 bridgehead atoms. The van der Waals surface area contributed by atoms with Gasteiger partial charge in [0.05, 0.1) is 0 Å². The lowest BCUT2D eigenvalue weighted by Gasteiger charge is -2.45. The molecule has 3 aliphatic rings. The van der Waals surface area contributed by atoms with Gasteiger partial charge in [0, 0.05) is 28.8 Å². The summed E-state index contributed by atoms with van der Waals surface area (Å²) in [5.74, 6) is 1.07. The van der Waals surface area contributed by atoms with Crippen LogP contribution < -0.4 is 10.5 Å². The Kier molecular flexibility index (Phi) is 2.79. The third-order valence-corrected chi connectivity index (χ3v) is 5.15. The molecule has 2 N–H and O–H groups in total. The average Bonchev–Trinajstić information content (AvgIpc) is 2.84. The summed E-state index contributed by atoms with van der Waals surface area (Å²) in [6, 6.07) is 6.08. The first-order chi connectivity index (χ1) is 10.1. The molecule has 3 atom stereocenters. The minimum absolute atomic E-state index is 0.00498. The zero-order valence-corrected chi connectivity index (χ0v) is 12.9. The topological polar surface area (TPSA) is 73.9 Å². The molecule has 1 aromatic rings. The average molecular weight is 351 g/mol. The van der Waals surface area contributed by atoms with E-state index < -0.39 is 5.54 Å².